The van der Waals surface area contributed by atoms with Crippen LogP contribution in [-0.2, 0) is 33.5 Å². The first-order valence-electron chi connectivity index (χ1n) is 11.8. The van der Waals surface area contributed by atoms with Crippen LogP contribution in [0.5, 0.6) is 0 Å². The zero-order valence-corrected chi connectivity index (χ0v) is 22.1. The first-order chi connectivity index (χ1) is 16.7. The van der Waals surface area contributed by atoms with Gasteiger partial charge in [0.1, 0.15) is 13.1 Å². The van der Waals surface area contributed by atoms with Crippen LogP contribution in [0.3, 0.4) is 0 Å². The Morgan fingerprint density at radius 1 is 0.750 bits per heavy atom. The summed E-state index contributed by atoms with van der Waals surface area (Å²) in [6.07, 6.45) is 1.53. The highest BCUT2D eigenvalue weighted by molar-refractivity contribution is 5.92. The number of nitrogens with one attached hydrogen (secondary N) is 4. The van der Waals surface area contributed by atoms with E-state index in [9.17, 15) is 28.8 Å². The van der Waals surface area contributed by atoms with Crippen molar-refractivity contribution < 1.29 is 33.5 Å². The van der Waals surface area contributed by atoms with Crippen LogP contribution in [0.1, 0.15) is 61.8 Å². The second-order valence-corrected chi connectivity index (χ2v) is 6.44. The Kier molecular flexibility index (Phi) is 29.3. The molecule has 0 atom stereocenters. The van der Waals surface area contributed by atoms with E-state index in [0.29, 0.717) is 0 Å². The van der Waals surface area contributed by atoms with Gasteiger partial charge in [0.15, 0.2) is 0 Å². The molecule has 6 N–H and O–H groups in total. The lowest BCUT2D eigenvalue weighted by molar-refractivity contribution is -0.148. The number of carbonyl (C=O) groups is 6. The number of hydrogen-bond donors (Lipinski definition) is 5. The second-order valence-electron chi connectivity index (χ2n) is 6.44. The Labute approximate surface area is 215 Å². The summed E-state index contributed by atoms with van der Waals surface area (Å²) in [5.74, 6) is -3.74. The van der Waals surface area contributed by atoms with E-state index < -0.39 is 55.8 Å². The van der Waals surface area contributed by atoms with Gasteiger partial charge in [-0.3, -0.25) is 28.8 Å². The van der Waals surface area contributed by atoms with Crippen molar-refractivity contribution in [2.24, 2.45) is 5.73 Å². The van der Waals surface area contributed by atoms with Crippen LogP contribution in [-0.4, -0.2) is 92.8 Å². The van der Waals surface area contributed by atoms with E-state index in [0.717, 1.165) is 24.9 Å². The van der Waals surface area contributed by atoms with Gasteiger partial charge in [0.05, 0.1) is 33.3 Å². The Hall–Kier alpha value is -3.22. The number of rotatable bonds is 14. The summed E-state index contributed by atoms with van der Waals surface area (Å²) in [5.41, 5.74) is 5.13. The number of methoxy groups -OCH3 is 1. The number of amides is 5. The first kappa shape index (κ1) is 40.0. The van der Waals surface area contributed by atoms with Gasteiger partial charge in [-0.1, -0.05) is 49.0 Å². The third-order valence-electron chi connectivity index (χ3n) is 4.10. The zero-order valence-electron chi connectivity index (χ0n) is 22.1. The topological polar surface area (TPSA) is 189 Å². The molecule has 0 saturated carbocycles. The monoisotopic (exact) mass is 520 g/mol. The second kappa shape index (κ2) is 26.4. The number of ether oxygens (including phenoxy) is 1. The van der Waals surface area contributed by atoms with Gasteiger partial charge in [0, 0.05) is 6.04 Å². The van der Waals surface area contributed by atoms with E-state index >= 15 is 0 Å². The molecule has 212 valence electrons. The van der Waals surface area contributed by atoms with Gasteiger partial charge in [-0.25, -0.2) is 0 Å². The third-order valence-corrected chi connectivity index (χ3v) is 4.10. The lowest BCUT2D eigenvalue weighted by Gasteiger charge is -2.21. The summed E-state index contributed by atoms with van der Waals surface area (Å²) in [5, 5.41) is 9.65. The zero-order chi connectivity index (χ0) is 27.8. The fourth-order valence-electron chi connectivity index (χ4n) is 2.23. The van der Waals surface area contributed by atoms with E-state index in [4.69, 9.17) is 5.73 Å². The van der Waals surface area contributed by atoms with Crippen molar-refractivity contribution in [2.45, 2.75) is 67.9 Å². The molecule has 0 aliphatic carbocycles. The van der Waals surface area contributed by atoms with Crippen LogP contribution in [0.2, 0.25) is 0 Å². The molecule has 0 aromatic heterocycles. The molecule has 0 unspecified atom stereocenters. The molecule has 0 aliphatic heterocycles. The molecule has 36 heavy (non-hydrogen) atoms. The summed E-state index contributed by atoms with van der Waals surface area (Å²) < 4.78 is 4.48. The van der Waals surface area contributed by atoms with E-state index in [2.05, 4.69) is 26.0 Å². The molecular weight excluding hydrogens is 472 g/mol. The molecule has 0 rings (SSSR count). The van der Waals surface area contributed by atoms with Crippen molar-refractivity contribution in [3.63, 3.8) is 0 Å². The summed E-state index contributed by atoms with van der Waals surface area (Å²) in [7, 11) is 1.12. The van der Waals surface area contributed by atoms with Gasteiger partial charge in [0.2, 0.25) is 29.5 Å². The molecule has 0 fully saturated rings. The van der Waals surface area contributed by atoms with E-state index in [-0.39, 0.29) is 32.5 Å². The molecule has 0 aliphatic rings. The minimum absolute atomic E-state index is 0. The predicted molar refractivity (Wildman–Crippen MR) is 139 cm³/mol. The number of nitrogens with two attached hydrogens (primary N) is 1. The molecule has 0 aromatic carbocycles. The average molecular weight is 521 g/mol. The number of carbonyl (C=O) groups excluding carboxylic acids is 6. The Bertz CT molecular complexity index is 655. The molecule has 13 nitrogen and oxygen atoms in total. The van der Waals surface area contributed by atoms with Crippen LogP contribution in [0.4, 0.5) is 0 Å². The SMILES string of the molecule is C.CC.CC.CCC(CC)NC(=O)CNC(=O)CNC(=O)CN(CC(=O)OC)C(=O)CNC(=O)CN. The molecule has 0 aromatic rings. The lowest BCUT2D eigenvalue weighted by Crippen LogP contribution is -2.49. The summed E-state index contributed by atoms with van der Waals surface area (Å²) in [6.45, 7) is 9.34. The van der Waals surface area contributed by atoms with Gasteiger partial charge < -0.3 is 36.6 Å². The molecule has 0 radical (unpaired) electrons. The van der Waals surface area contributed by atoms with Crippen molar-refractivity contribution in [3.05, 3.63) is 0 Å². The Morgan fingerprint density at radius 3 is 1.69 bits per heavy atom. The third kappa shape index (κ3) is 21.3. The van der Waals surface area contributed by atoms with Crippen LogP contribution < -0.4 is 27.0 Å². The normalized spacial score (nSPS) is 9.03. The molecule has 0 saturated heterocycles. The highest BCUT2D eigenvalue weighted by Gasteiger charge is 2.21. The van der Waals surface area contributed by atoms with Gasteiger partial charge >= 0.3 is 5.97 Å². The highest BCUT2D eigenvalue weighted by Crippen LogP contribution is 1.95. The summed E-state index contributed by atoms with van der Waals surface area (Å²) in [6, 6.07) is 0.0251. The van der Waals surface area contributed by atoms with E-state index in [1.807, 2.05) is 41.5 Å². The molecule has 0 bridgehead atoms. The van der Waals surface area contributed by atoms with Crippen LogP contribution in [0, 0.1) is 0 Å². The highest BCUT2D eigenvalue weighted by atomic mass is 16.5. The van der Waals surface area contributed by atoms with E-state index in [1.54, 1.807) is 0 Å². The van der Waals surface area contributed by atoms with Gasteiger partial charge in [0.25, 0.3) is 0 Å². The van der Waals surface area contributed by atoms with Gasteiger partial charge in [-0.2, -0.15) is 0 Å². The fourth-order valence-corrected chi connectivity index (χ4v) is 2.23. The van der Waals surface area contributed by atoms with Gasteiger partial charge in [-0.05, 0) is 12.8 Å². The van der Waals surface area contributed by atoms with Gasteiger partial charge in [-0.15, -0.1) is 0 Å². The number of nitrogens with zero attached hydrogens (tertiary/aromatic N) is 1. The van der Waals surface area contributed by atoms with Crippen LogP contribution in [0.25, 0.3) is 0 Å². The van der Waals surface area contributed by atoms with Crippen molar-refractivity contribution in [2.75, 3.05) is 46.4 Å². The maximum Gasteiger partial charge on any atom is 0.325 e. The van der Waals surface area contributed by atoms with Crippen molar-refractivity contribution in [3.8, 4) is 0 Å². The average Bonchev–Trinajstić information content (AvgIpc) is 2.89. The number of esters is 1. The Morgan fingerprint density at radius 2 is 1.22 bits per heavy atom. The molecule has 13 heteroatoms. The fraction of sp³-hybridized carbons (Fsp3) is 0.739. The molecule has 0 spiro atoms. The Balaban J connectivity index is -0.000000969. The first-order valence-corrected chi connectivity index (χ1v) is 11.8. The minimum atomic E-state index is -0.771. The number of hydrogen-bond acceptors (Lipinski definition) is 8. The van der Waals surface area contributed by atoms with Crippen LogP contribution >= 0.6 is 0 Å². The van der Waals surface area contributed by atoms with Crippen molar-refractivity contribution in [1.29, 1.82) is 0 Å². The predicted octanol–water partition coefficient (Wildman–Crippen LogP) is -0.711. The van der Waals surface area contributed by atoms with Crippen LogP contribution in [0.15, 0.2) is 0 Å². The van der Waals surface area contributed by atoms with E-state index in [1.165, 1.54) is 0 Å². The van der Waals surface area contributed by atoms with Crippen molar-refractivity contribution in [1.82, 2.24) is 26.2 Å². The van der Waals surface area contributed by atoms with Crippen molar-refractivity contribution >= 4 is 35.5 Å². The summed E-state index contributed by atoms with van der Waals surface area (Å²) in [4.78, 5) is 71.3. The molecular formula is C23H48N6O7. The lowest BCUT2D eigenvalue weighted by atomic mass is 10.2. The largest absolute Gasteiger partial charge is 0.468 e. The molecule has 5 amide bonds. The molecule has 0 heterocycles. The maximum atomic E-state index is 12.2. The minimum Gasteiger partial charge on any atom is -0.468 e. The summed E-state index contributed by atoms with van der Waals surface area (Å²) >= 11 is 0. The smallest absolute Gasteiger partial charge is 0.325 e. The standard InChI is InChI=1S/C18H32N6O7.2C2H6.CH4/c1-4-12(5-2)23-15(27)8-20-14(26)7-21-16(28)10-24(11-18(30)31-3)17(29)9-22-13(25)6-19;2*1-2;/h12H,4-11,19H2,1-3H3,(H,20,26)(H,21,28)(H,22,25)(H,23,27);2*1-2H3;1H4. The maximum absolute atomic E-state index is 12.2. The quantitative estimate of drug-likeness (QED) is 0.186.